The van der Waals surface area contributed by atoms with Crippen molar-refractivity contribution in [2.24, 2.45) is 0 Å². The summed E-state index contributed by atoms with van der Waals surface area (Å²) in [6, 6.07) is 7.44. The fourth-order valence-corrected chi connectivity index (χ4v) is 3.72. The van der Waals surface area contributed by atoms with Crippen LogP contribution in [0.4, 0.5) is 4.79 Å². The highest BCUT2D eigenvalue weighted by molar-refractivity contribution is 7.86. The summed E-state index contributed by atoms with van der Waals surface area (Å²) in [6.07, 6.45) is 1.35. The van der Waals surface area contributed by atoms with Crippen molar-refractivity contribution in [2.75, 3.05) is 0 Å². The van der Waals surface area contributed by atoms with E-state index >= 15 is 0 Å². The second kappa shape index (κ2) is 9.76. The van der Waals surface area contributed by atoms with E-state index in [-0.39, 0.29) is 11.5 Å². The summed E-state index contributed by atoms with van der Waals surface area (Å²) < 4.78 is 35.6. The van der Waals surface area contributed by atoms with Crippen molar-refractivity contribution in [3.63, 3.8) is 0 Å². The minimum absolute atomic E-state index is 0.0589. The highest BCUT2D eigenvalue weighted by Gasteiger charge is 2.24. The van der Waals surface area contributed by atoms with Gasteiger partial charge in [0, 0.05) is 11.8 Å². The molecule has 0 aliphatic carbocycles. The van der Waals surface area contributed by atoms with E-state index in [4.69, 9.17) is 20.5 Å². The molecular formula is C21H27ClN2O5S. The van der Waals surface area contributed by atoms with Crippen LogP contribution in [-0.4, -0.2) is 25.1 Å². The number of hydrogen-bond donors (Lipinski definition) is 1. The Kier molecular flexibility index (Phi) is 7.85. The molecule has 0 saturated carbocycles. The summed E-state index contributed by atoms with van der Waals surface area (Å²) >= 11 is 6.06. The third-order valence-electron chi connectivity index (χ3n) is 4.08. The van der Waals surface area contributed by atoms with Gasteiger partial charge in [-0.05, 0) is 52.3 Å². The average molecular weight is 455 g/mol. The van der Waals surface area contributed by atoms with Crippen LogP contribution in [0.15, 0.2) is 41.4 Å². The van der Waals surface area contributed by atoms with Crippen LogP contribution in [0.3, 0.4) is 0 Å². The van der Waals surface area contributed by atoms with Gasteiger partial charge in [0.25, 0.3) is 10.1 Å². The van der Waals surface area contributed by atoms with Gasteiger partial charge in [-0.1, -0.05) is 36.2 Å². The van der Waals surface area contributed by atoms with Crippen molar-refractivity contribution in [1.29, 1.82) is 0 Å². The lowest BCUT2D eigenvalue weighted by atomic mass is 10.1. The average Bonchev–Trinajstić information content (AvgIpc) is 2.64. The molecule has 7 nitrogen and oxygen atoms in total. The van der Waals surface area contributed by atoms with Gasteiger partial charge in [-0.25, -0.2) is 4.79 Å². The monoisotopic (exact) mass is 454 g/mol. The van der Waals surface area contributed by atoms with E-state index < -0.39 is 27.9 Å². The number of hydrogen-bond acceptors (Lipinski definition) is 6. The zero-order valence-electron chi connectivity index (χ0n) is 17.7. The Bertz CT molecular complexity index is 985. The fourth-order valence-electron chi connectivity index (χ4n) is 2.65. The van der Waals surface area contributed by atoms with E-state index in [1.54, 1.807) is 39.0 Å². The first-order valence-electron chi connectivity index (χ1n) is 9.51. The normalized spacial score (nSPS) is 13.0. The van der Waals surface area contributed by atoms with Crippen LogP contribution in [0.5, 0.6) is 0 Å². The molecule has 164 valence electrons. The molecule has 1 atom stereocenters. The number of ether oxygens (including phenoxy) is 1. The molecule has 0 spiro atoms. The van der Waals surface area contributed by atoms with Gasteiger partial charge in [0.05, 0.1) is 28.3 Å². The van der Waals surface area contributed by atoms with E-state index in [2.05, 4.69) is 10.3 Å². The zero-order valence-corrected chi connectivity index (χ0v) is 19.3. The van der Waals surface area contributed by atoms with Gasteiger partial charge in [0.1, 0.15) is 5.60 Å². The Labute approximate surface area is 182 Å². The molecular weight excluding hydrogens is 428 g/mol. The zero-order chi connectivity index (χ0) is 22.5. The maximum absolute atomic E-state index is 12.5. The van der Waals surface area contributed by atoms with Crippen LogP contribution in [-0.2, 0) is 25.6 Å². The molecule has 1 heterocycles. The van der Waals surface area contributed by atoms with Crippen molar-refractivity contribution in [3.05, 3.63) is 58.4 Å². The van der Waals surface area contributed by atoms with Crippen molar-refractivity contribution in [1.82, 2.24) is 10.3 Å². The number of aryl methyl sites for hydroxylation is 1. The number of rotatable bonds is 7. The van der Waals surface area contributed by atoms with Crippen LogP contribution in [0.1, 0.15) is 57.0 Å². The number of nitrogens with one attached hydrogen (secondary N) is 1. The van der Waals surface area contributed by atoms with Gasteiger partial charge in [-0.2, -0.15) is 8.42 Å². The molecule has 2 rings (SSSR count). The smallest absolute Gasteiger partial charge is 0.408 e. The molecule has 0 unspecified atom stereocenters. The van der Waals surface area contributed by atoms with Gasteiger partial charge >= 0.3 is 6.09 Å². The quantitative estimate of drug-likeness (QED) is 0.596. The maximum Gasteiger partial charge on any atom is 0.408 e. The predicted molar refractivity (Wildman–Crippen MR) is 115 cm³/mol. The number of aromatic nitrogens is 1. The van der Waals surface area contributed by atoms with Crippen molar-refractivity contribution in [2.45, 2.75) is 64.2 Å². The standard InChI is InChI=1S/C21H27ClN2O5S/c1-6-18(24-20(25)29-21(3,4)5)19-15(11-16(22)12-23-19)13-28-30(26,27)17-9-7-14(2)8-10-17/h7-12,18H,6,13H2,1-5H3,(H,24,25)/t18-/m0/s1. The molecule has 0 bridgehead atoms. The lowest BCUT2D eigenvalue weighted by Gasteiger charge is -2.24. The van der Waals surface area contributed by atoms with E-state index in [0.29, 0.717) is 22.7 Å². The number of alkyl carbamates (subject to hydrolysis) is 1. The van der Waals surface area contributed by atoms with Crippen LogP contribution >= 0.6 is 11.6 Å². The predicted octanol–water partition coefficient (Wildman–Crippen LogP) is 4.92. The second-order valence-corrected chi connectivity index (χ2v) is 9.89. The van der Waals surface area contributed by atoms with E-state index in [1.165, 1.54) is 18.3 Å². The minimum atomic E-state index is -3.97. The maximum atomic E-state index is 12.5. The number of nitrogens with zero attached hydrogens (tertiary/aromatic N) is 1. The van der Waals surface area contributed by atoms with Crippen LogP contribution in [0.2, 0.25) is 5.02 Å². The molecule has 9 heteroatoms. The number of benzene rings is 1. The Morgan fingerprint density at radius 1 is 1.23 bits per heavy atom. The Morgan fingerprint density at radius 2 is 1.87 bits per heavy atom. The van der Waals surface area contributed by atoms with Gasteiger partial charge in [0.15, 0.2) is 0 Å². The van der Waals surface area contributed by atoms with Gasteiger partial charge in [0.2, 0.25) is 0 Å². The van der Waals surface area contributed by atoms with Crippen molar-refractivity contribution >= 4 is 27.8 Å². The largest absolute Gasteiger partial charge is 0.444 e. The third-order valence-corrected chi connectivity index (χ3v) is 5.56. The van der Waals surface area contributed by atoms with Crippen molar-refractivity contribution < 1.29 is 22.1 Å². The topological polar surface area (TPSA) is 94.6 Å². The molecule has 1 amide bonds. The Morgan fingerprint density at radius 3 is 2.43 bits per heavy atom. The van der Waals surface area contributed by atoms with Gasteiger partial charge in [-0.3, -0.25) is 9.17 Å². The SMILES string of the molecule is CC[C@H](NC(=O)OC(C)(C)C)c1ncc(Cl)cc1COS(=O)(=O)c1ccc(C)cc1. The molecule has 0 radical (unpaired) electrons. The summed E-state index contributed by atoms with van der Waals surface area (Å²) in [5.41, 5.74) is 1.21. The highest BCUT2D eigenvalue weighted by atomic mass is 35.5. The first-order valence-corrected chi connectivity index (χ1v) is 11.3. The number of amides is 1. The summed E-state index contributed by atoms with van der Waals surface area (Å²) in [7, 11) is -3.97. The van der Waals surface area contributed by atoms with E-state index in [1.807, 2.05) is 13.8 Å². The summed E-state index contributed by atoms with van der Waals surface area (Å²) in [5.74, 6) is 0. The summed E-state index contributed by atoms with van der Waals surface area (Å²) in [5, 5.41) is 3.09. The van der Waals surface area contributed by atoms with Crippen LogP contribution < -0.4 is 5.32 Å². The molecule has 1 N–H and O–H groups in total. The molecule has 30 heavy (non-hydrogen) atoms. The van der Waals surface area contributed by atoms with Crippen LogP contribution in [0.25, 0.3) is 0 Å². The number of carbonyl (C=O) groups is 1. The minimum Gasteiger partial charge on any atom is -0.444 e. The molecule has 0 aliphatic rings. The summed E-state index contributed by atoms with van der Waals surface area (Å²) in [4.78, 5) is 16.6. The number of pyridine rings is 1. The Hall–Kier alpha value is -2.16. The molecule has 2 aromatic rings. The molecule has 0 fully saturated rings. The summed E-state index contributed by atoms with van der Waals surface area (Å²) in [6.45, 7) is 8.76. The highest BCUT2D eigenvalue weighted by Crippen LogP contribution is 2.25. The van der Waals surface area contributed by atoms with Gasteiger partial charge in [-0.15, -0.1) is 0 Å². The second-order valence-electron chi connectivity index (χ2n) is 7.83. The van der Waals surface area contributed by atoms with E-state index in [0.717, 1.165) is 5.56 Å². The molecule has 0 saturated heterocycles. The first kappa shape index (κ1) is 24.1. The van der Waals surface area contributed by atoms with Crippen LogP contribution in [0, 0.1) is 6.92 Å². The third kappa shape index (κ3) is 6.97. The van der Waals surface area contributed by atoms with Crippen molar-refractivity contribution in [3.8, 4) is 0 Å². The number of halogens is 1. The fraction of sp³-hybridized carbons (Fsp3) is 0.429. The Balaban J connectivity index is 2.23. The first-order chi connectivity index (χ1) is 13.9. The molecule has 0 aliphatic heterocycles. The van der Waals surface area contributed by atoms with E-state index in [9.17, 15) is 13.2 Å². The van der Waals surface area contributed by atoms with Gasteiger partial charge < -0.3 is 10.1 Å². The molecule has 1 aromatic heterocycles. The lowest BCUT2D eigenvalue weighted by molar-refractivity contribution is 0.0500. The lowest BCUT2D eigenvalue weighted by Crippen LogP contribution is -2.35. The molecule has 1 aromatic carbocycles. The number of carbonyl (C=O) groups excluding carboxylic acids is 1.